The number of nitrogens with zero attached hydrogens (tertiary/aromatic N) is 1. The number of carbonyl (C=O) groups is 2. The van der Waals surface area contributed by atoms with Crippen LogP contribution >= 0.6 is 11.6 Å². The van der Waals surface area contributed by atoms with Gasteiger partial charge in [0.15, 0.2) is 0 Å². The summed E-state index contributed by atoms with van der Waals surface area (Å²) in [5.41, 5.74) is 2.53. The zero-order valence-electron chi connectivity index (χ0n) is 15.1. The molecule has 0 aromatic heterocycles. The predicted molar refractivity (Wildman–Crippen MR) is 107 cm³/mol. The smallest absolute Gasteiger partial charge is 0.341 e. The molecule has 2 N–H and O–H groups in total. The molecular weight excluding hydrogens is 362 g/mol. The monoisotopic (exact) mass is 383 g/mol. The third kappa shape index (κ3) is 4.95. The van der Waals surface area contributed by atoms with E-state index >= 15 is 0 Å². The van der Waals surface area contributed by atoms with Crippen LogP contribution < -0.4 is 10.6 Å². The summed E-state index contributed by atoms with van der Waals surface area (Å²) < 4.78 is 0. The van der Waals surface area contributed by atoms with Gasteiger partial charge in [0, 0.05) is 17.3 Å². The first kappa shape index (κ1) is 19.1. The molecule has 0 spiro atoms. The fourth-order valence-corrected chi connectivity index (χ4v) is 3.49. The van der Waals surface area contributed by atoms with Crippen molar-refractivity contribution in [1.29, 1.82) is 0 Å². The number of amides is 3. The van der Waals surface area contributed by atoms with E-state index in [0.29, 0.717) is 17.3 Å². The molecule has 3 amide bonds. The molecule has 0 radical (unpaired) electrons. The van der Waals surface area contributed by atoms with E-state index in [-0.39, 0.29) is 5.91 Å². The Labute approximate surface area is 163 Å². The van der Waals surface area contributed by atoms with Gasteiger partial charge >= 0.3 is 6.03 Å². The average Bonchev–Trinajstić information content (AvgIpc) is 2.65. The van der Waals surface area contributed by atoms with Crippen LogP contribution in [0.15, 0.2) is 59.6 Å². The van der Waals surface area contributed by atoms with Crippen molar-refractivity contribution < 1.29 is 9.59 Å². The molecule has 0 saturated heterocycles. The van der Waals surface area contributed by atoms with Gasteiger partial charge in [0.05, 0.1) is 6.04 Å². The molecule has 0 saturated carbocycles. The Bertz CT molecular complexity index is 852. The minimum absolute atomic E-state index is 0.144. The van der Waals surface area contributed by atoms with Crippen molar-refractivity contribution in [2.45, 2.75) is 25.8 Å². The number of hydrogen-bond donors (Lipinski definition) is 2. The van der Waals surface area contributed by atoms with E-state index in [9.17, 15) is 9.59 Å². The van der Waals surface area contributed by atoms with Crippen LogP contribution in [0.4, 0.5) is 4.79 Å². The summed E-state index contributed by atoms with van der Waals surface area (Å²) in [6.07, 6.45) is 1.74. The molecular formula is C21H22ClN3O2. The molecule has 2 unspecified atom stereocenters. The molecule has 27 heavy (non-hydrogen) atoms. The number of aryl methyl sites for hydroxylation is 1. The lowest BCUT2D eigenvalue weighted by atomic mass is 9.87. The van der Waals surface area contributed by atoms with E-state index in [2.05, 4.69) is 27.8 Å². The van der Waals surface area contributed by atoms with E-state index < -0.39 is 18.0 Å². The lowest BCUT2D eigenvalue weighted by Crippen LogP contribution is -2.47. The Hall–Kier alpha value is -2.66. The molecule has 140 valence electrons. The van der Waals surface area contributed by atoms with Crippen molar-refractivity contribution in [2.75, 3.05) is 6.54 Å². The Morgan fingerprint density at radius 2 is 1.96 bits per heavy atom. The Morgan fingerprint density at radius 1 is 1.19 bits per heavy atom. The van der Waals surface area contributed by atoms with Crippen LogP contribution in [-0.2, 0) is 11.2 Å². The Balaban J connectivity index is 1.66. The van der Waals surface area contributed by atoms with Gasteiger partial charge in [0.2, 0.25) is 5.91 Å². The SMILES string of the molecule is CC1=NC(=O)NC(c2cccc(Cl)c2)C1C(=O)NCCCc1ccccc1. The van der Waals surface area contributed by atoms with E-state index in [0.717, 1.165) is 18.4 Å². The lowest BCUT2D eigenvalue weighted by molar-refractivity contribution is -0.123. The molecule has 6 heteroatoms. The van der Waals surface area contributed by atoms with Crippen molar-refractivity contribution in [3.63, 3.8) is 0 Å². The van der Waals surface area contributed by atoms with Gasteiger partial charge in [-0.3, -0.25) is 4.79 Å². The van der Waals surface area contributed by atoms with Gasteiger partial charge in [0.25, 0.3) is 0 Å². The summed E-state index contributed by atoms with van der Waals surface area (Å²) in [6, 6.07) is 16.4. The number of carbonyl (C=O) groups excluding carboxylic acids is 2. The largest absolute Gasteiger partial charge is 0.355 e. The highest BCUT2D eigenvalue weighted by molar-refractivity contribution is 6.30. The quantitative estimate of drug-likeness (QED) is 0.742. The summed E-state index contributed by atoms with van der Waals surface area (Å²) >= 11 is 6.08. The standard InChI is InChI=1S/C21H22ClN3O2/c1-14-18(20(26)23-12-6-9-15-7-3-2-4-8-15)19(25-21(27)24-14)16-10-5-11-17(22)13-16/h2-5,7-8,10-11,13,18-19H,6,9,12H2,1H3,(H,23,26)(H,25,27). The van der Waals surface area contributed by atoms with Crippen LogP contribution in [0.25, 0.3) is 0 Å². The van der Waals surface area contributed by atoms with Crippen molar-refractivity contribution in [3.8, 4) is 0 Å². The van der Waals surface area contributed by atoms with Gasteiger partial charge in [-0.15, -0.1) is 0 Å². The van der Waals surface area contributed by atoms with Gasteiger partial charge in [-0.2, -0.15) is 0 Å². The molecule has 0 fully saturated rings. The first-order valence-corrected chi connectivity index (χ1v) is 9.35. The highest BCUT2D eigenvalue weighted by atomic mass is 35.5. The summed E-state index contributed by atoms with van der Waals surface area (Å²) in [5.74, 6) is -0.702. The molecule has 3 rings (SSSR count). The second-order valence-corrected chi connectivity index (χ2v) is 7.03. The average molecular weight is 384 g/mol. The molecule has 1 heterocycles. The zero-order chi connectivity index (χ0) is 19.2. The maximum Gasteiger partial charge on any atom is 0.341 e. The molecule has 2 aromatic rings. The molecule has 2 atom stereocenters. The topological polar surface area (TPSA) is 70.6 Å². The predicted octanol–water partition coefficient (Wildman–Crippen LogP) is 3.93. The molecule has 1 aliphatic heterocycles. The molecule has 1 aliphatic rings. The van der Waals surface area contributed by atoms with Gasteiger partial charge in [-0.05, 0) is 43.0 Å². The summed E-state index contributed by atoms with van der Waals surface area (Å²) in [4.78, 5) is 28.6. The maximum atomic E-state index is 12.8. The van der Waals surface area contributed by atoms with Crippen molar-refractivity contribution >= 4 is 29.3 Å². The number of urea groups is 1. The van der Waals surface area contributed by atoms with Gasteiger partial charge in [0.1, 0.15) is 5.92 Å². The highest BCUT2D eigenvalue weighted by Crippen LogP contribution is 2.28. The second kappa shape index (κ2) is 8.82. The number of hydrogen-bond acceptors (Lipinski definition) is 2. The van der Waals surface area contributed by atoms with Gasteiger partial charge < -0.3 is 10.6 Å². The number of benzene rings is 2. The van der Waals surface area contributed by atoms with E-state index in [1.165, 1.54) is 5.56 Å². The van der Waals surface area contributed by atoms with E-state index in [4.69, 9.17) is 11.6 Å². The molecule has 0 bridgehead atoms. The Morgan fingerprint density at radius 3 is 2.70 bits per heavy atom. The normalized spacial score (nSPS) is 19.2. The van der Waals surface area contributed by atoms with Crippen LogP contribution in [0.2, 0.25) is 5.02 Å². The van der Waals surface area contributed by atoms with Gasteiger partial charge in [-0.25, -0.2) is 9.79 Å². The minimum atomic E-state index is -0.558. The first-order chi connectivity index (χ1) is 13.0. The fraction of sp³-hybridized carbons (Fsp3) is 0.286. The van der Waals surface area contributed by atoms with Crippen molar-refractivity contribution in [1.82, 2.24) is 10.6 Å². The molecule has 0 aliphatic carbocycles. The maximum absolute atomic E-state index is 12.8. The van der Waals surface area contributed by atoms with E-state index in [1.807, 2.05) is 24.3 Å². The zero-order valence-corrected chi connectivity index (χ0v) is 15.9. The second-order valence-electron chi connectivity index (χ2n) is 6.59. The third-order valence-corrected chi connectivity index (χ3v) is 4.85. The van der Waals surface area contributed by atoms with Crippen LogP contribution in [0.5, 0.6) is 0 Å². The lowest BCUT2D eigenvalue weighted by Gasteiger charge is -2.30. The number of aliphatic imine (C=N–C) groups is 1. The van der Waals surface area contributed by atoms with Crippen molar-refractivity contribution in [3.05, 3.63) is 70.7 Å². The third-order valence-electron chi connectivity index (χ3n) is 4.61. The minimum Gasteiger partial charge on any atom is -0.355 e. The van der Waals surface area contributed by atoms with Crippen LogP contribution in [0.3, 0.4) is 0 Å². The first-order valence-electron chi connectivity index (χ1n) is 8.97. The van der Waals surface area contributed by atoms with Crippen molar-refractivity contribution in [2.24, 2.45) is 10.9 Å². The number of rotatable bonds is 6. The van der Waals surface area contributed by atoms with Crippen LogP contribution in [-0.4, -0.2) is 24.2 Å². The molecule has 5 nitrogen and oxygen atoms in total. The highest BCUT2D eigenvalue weighted by Gasteiger charge is 2.36. The fourth-order valence-electron chi connectivity index (χ4n) is 3.30. The van der Waals surface area contributed by atoms with E-state index in [1.54, 1.807) is 25.1 Å². The van der Waals surface area contributed by atoms with Crippen LogP contribution in [0, 0.1) is 5.92 Å². The summed E-state index contributed by atoms with van der Waals surface area (Å²) in [7, 11) is 0. The number of nitrogens with one attached hydrogen (secondary N) is 2. The van der Waals surface area contributed by atoms with Gasteiger partial charge in [-0.1, -0.05) is 54.1 Å². The Kier molecular flexibility index (Phi) is 6.24. The number of halogens is 1. The summed E-state index contributed by atoms with van der Waals surface area (Å²) in [6.45, 7) is 2.28. The van der Waals surface area contributed by atoms with Crippen LogP contribution in [0.1, 0.15) is 30.5 Å². The summed E-state index contributed by atoms with van der Waals surface area (Å²) in [5, 5.41) is 6.33. The molecule has 2 aromatic carbocycles.